The highest BCUT2D eigenvalue weighted by molar-refractivity contribution is 7.09. The molecule has 0 aliphatic heterocycles. The molecular formula is C18H26N4OS. The lowest BCUT2D eigenvalue weighted by Gasteiger charge is -2.20. The molecule has 0 spiro atoms. The molecule has 5 nitrogen and oxygen atoms in total. The third kappa shape index (κ3) is 5.30. The Labute approximate surface area is 148 Å². The van der Waals surface area contributed by atoms with Crippen molar-refractivity contribution in [2.45, 2.75) is 40.2 Å². The van der Waals surface area contributed by atoms with Gasteiger partial charge in [0.05, 0.1) is 6.54 Å². The van der Waals surface area contributed by atoms with Gasteiger partial charge in [-0.2, -0.15) is 4.37 Å². The number of nitrogens with zero attached hydrogens (tertiary/aromatic N) is 3. The number of carbonyl (C=O) groups is 1. The molecule has 0 aliphatic carbocycles. The Kier molecular flexibility index (Phi) is 6.31. The molecule has 0 saturated heterocycles. The van der Waals surface area contributed by atoms with Gasteiger partial charge in [0.15, 0.2) is 0 Å². The molecular weight excluding hydrogens is 320 g/mol. The van der Waals surface area contributed by atoms with Crippen LogP contribution in [-0.2, 0) is 11.2 Å². The molecule has 0 fully saturated rings. The van der Waals surface area contributed by atoms with Gasteiger partial charge in [0.1, 0.15) is 5.82 Å². The molecule has 1 atom stereocenters. The molecule has 0 bridgehead atoms. The van der Waals surface area contributed by atoms with Crippen LogP contribution >= 0.6 is 11.5 Å². The zero-order chi connectivity index (χ0) is 17.7. The van der Waals surface area contributed by atoms with E-state index >= 15 is 0 Å². The summed E-state index contributed by atoms with van der Waals surface area (Å²) in [5, 5.41) is 3.78. The summed E-state index contributed by atoms with van der Waals surface area (Å²) in [4.78, 5) is 18.5. The maximum atomic E-state index is 12.1. The van der Waals surface area contributed by atoms with Crippen LogP contribution in [0.15, 0.2) is 24.3 Å². The molecule has 1 aromatic heterocycles. The lowest BCUT2D eigenvalue weighted by Crippen LogP contribution is -2.41. The number of aryl methyl sites for hydroxylation is 1. The first-order valence-electron chi connectivity index (χ1n) is 8.23. The minimum atomic E-state index is 0.00832. The van der Waals surface area contributed by atoms with E-state index in [9.17, 15) is 4.79 Å². The number of anilines is 1. The summed E-state index contributed by atoms with van der Waals surface area (Å²) in [7, 11) is 1.87. The summed E-state index contributed by atoms with van der Waals surface area (Å²) in [6.07, 6.45) is 0.710. The van der Waals surface area contributed by atoms with Crippen LogP contribution < -0.4 is 10.2 Å². The van der Waals surface area contributed by atoms with E-state index in [1.54, 1.807) is 0 Å². The highest BCUT2D eigenvalue weighted by Gasteiger charge is 2.15. The second-order valence-corrected chi connectivity index (χ2v) is 7.34. The van der Waals surface area contributed by atoms with E-state index in [0.717, 1.165) is 11.0 Å². The highest BCUT2D eigenvalue weighted by atomic mass is 32.1. The standard InChI is InChI=1S/C18H26N4OS/c1-12(2)14(4)19-17(23)11-22(5)18-20-16(21-24-18)10-15-8-6-13(3)7-9-15/h6-9,12,14H,10-11H2,1-5H3,(H,19,23). The molecule has 1 unspecified atom stereocenters. The predicted octanol–water partition coefficient (Wildman–Crippen LogP) is 3.03. The van der Waals surface area contributed by atoms with Crippen molar-refractivity contribution in [1.29, 1.82) is 0 Å². The smallest absolute Gasteiger partial charge is 0.239 e. The third-order valence-corrected chi connectivity index (χ3v) is 4.90. The summed E-state index contributed by atoms with van der Waals surface area (Å²) in [6, 6.07) is 8.54. The van der Waals surface area contributed by atoms with Crippen molar-refractivity contribution >= 4 is 22.6 Å². The maximum Gasteiger partial charge on any atom is 0.239 e. The Balaban J connectivity index is 1.92. The fourth-order valence-electron chi connectivity index (χ4n) is 2.11. The predicted molar refractivity (Wildman–Crippen MR) is 99.6 cm³/mol. The van der Waals surface area contributed by atoms with Gasteiger partial charge in [0, 0.05) is 31.0 Å². The summed E-state index contributed by atoms with van der Waals surface area (Å²) in [5.41, 5.74) is 2.43. The van der Waals surface area contributed by atoms with Crippen LogP contribution in [0.4, 0.5) is 5.13 Å². The summed E-state index contributed by atoms with van der Waals surface area (Å²) in [5.74, 6) is 1.22. The molecule has 6 heteroatoms. The van der Waals surface area contributed by atoms with Gasteiger partial charge >= 0.3 is 0 Å². The van der Waals surface area contributed by atoms with Crippen LogP contribution in [0.2, 0.25) is 0 Å². The monoisotopic (exact) mass is 346 g/mol. The van der Waals surface area contributed by atoms with E-state index < -0.39 is 0 Å². The zero-order valence-corrected chi connectivity index (χ0v) is 15.9. The molecule has 2 aromatic rings. The number of nitrogens with one attached hydrogen (secondary N) is 1. The van der Waals surface area contributed by atoms with Crippen LogP contribution in [0.5, 0.6) is 0 Å². The summed E-state index contributed by atoms with van der Waals surface area (Å²) < 4.78 is 4.41. The first kappa shape index (κ1) is 18.4. The zero-order valence-electron chi connectivity index (χ0n) is 15.0. The lowest BCUT2D eigenvalue weighted by molar-refractivity contribution is -0.120. The van der Waals surface area contributed by atoms with E-state index in [4.69, 9.17) is 0 Å². The number of likely N-dealkylation sites (N-methyl/N-ethyl adjacent to an activating group) is 1. The molecule has 0 radical (unpaired) electrons. The SMILES string of the molecule is Cc1ccc(Cc2nsc(N(C)CC(=O)NC(C)C(C)C)n2)cc1. The topological polar surface area (TPSA) is 58.1 Å². The number of hydrogen-bond donors (Lipinski definition) is 1. The van der Waals surface area contributed by atoms with E-state index in [1.807, 2.05) is 18.9 Å². The molecule has 1 N–H and O–H groups in total. The average molecular weight is 347 g/mol. The quantitative estimate of drug-likeness (QED) is 0.837. The molecule has 1 heterocycles. The number of aromatic nitrogens is 2. The Bertz CT molecular complexity index is 666. The second kappa shape index (κ2) is 8.24. The van der Waals surface area contributed by atoms with Gasteiger partial charge in [0.2, 0.25) is 11.0 Å². The van der Waals surface area contributed by atoms with E-state index in [1.165, 1.54) is 22.7 Å². The van der Waals surface area contributed by atoms with Gasteiger partial charge in [0.25, 0.3) is 0 Å². The van der Waals surface area contributed by atoms with Crippen LogP contribution in [0.1, 0.15) is 37.7 Å². The first-order valence-corrected chi connectivity index (χ1v) is 9.01. The van der Waals surface area contributed by atoms with Crippen molar-refractivity contribution < 1.29 is 4.79 Å². The van der Waals surface area contributed by atoms with Crippen LogP contribution in [-0.4, -0.2) is 34.9 Å². The van der Waals surface area contributed by atoms with Crippen molar-refractivity contribution in [1.82, 2.24) is 14.7 Å². The Morgan fingerprint density at radius 1 is 1.25 bits per heavy atom. The van der Waals surface area contributed by atoms with Gasteiger partial charge < -0.3 is 10.2 Å². The third-order valence-electron chi connectivity index (χ3n) is 4.04. The lowest BCUT2D eigenvalue weighted by atomic mass is 10.1. The minimum Gasteiger partial charge on any atom is -0.352 e. The minimum absolute atomic E-state index is 0.00832. The van der Waals surface area contributed by atoms with Crippen molar-refractivity contribution in [2.24, 2.45) is 5.92 Å². The van der Waals surface area contributed by atoms with E-state index in [-0.39, 0.29) is 18.5 Å². The molecule has 0 aliphatic rings. The number of carbonyl (C=O) groups excluding carboxylic acids is 1. The Morgan fingerprint density at radius 2 is 1.92 bits per heavy atom. The average Bonchev–Trinajstić information content (AvgIpc) is 2.98. The number of rotatable bonds is 7. The fraction of sp³-hybridized carbons (Fsp3) is 0.500. The fourth-order valence-corrected chi connectivity index (χ4v) is 2.75. The van der Waals surface area contributed by atoms with Gasteiger partial charge in [-0.15, -0.1) is 0 Å². The summed E-state index contributed by atoms with van der Waals surface area (Å²) >= 11 is 1.33. The van der Waals surface area contributed by atoms with E-state index in [2.05, 4.69) is 59.7 Å². The summed E-state index contributed by atoms with van der Waals surface area (Å²) in [6.45, 7) is 8.57. The first-order chi connectivity index (χ1) is 11.3. The van der Waals surface area contributed by atoms with Gasteiger partial charge in [-0.05, 0) is 25.3 Å². The molecule has 0 saturated carbocycles. The highest BCUT2D eigenvalue weighted by Crippen LogP contribution is 2.17. The number of hydrogen-bond acceptors (Lipinski definition) is 5. The number of benzene rings is 1. The Hall–Kier alpha value is -1.95. The molecule has 130 valence electrons. The number of amides is 1. The largest absolute Gasteiger partial charge is 0.352 e. The van der Waals surface area contributed by atoms with Crippen molar-refractivity contribution in [3.8, 4) is 0 Å². The van der Waals surface area contributed by atoms with Crippen LogP contribution in [0.3, 0.4) is 0 Å². The maximum absolute atomic E-state index is 12.1. The van der Waals surface area contributed by atoms with Gasteiger partial charge in [-0.3, -0.25) is 4.79 Å². The van der Waals surface area contributed by atoms with Crippen LogP contribution in [0.25, 0.3) is 0 Å². The molecule has 1 aromatic carbocycles. The van der Waals surface area contributed by atoms with Crippen molar-refractivity contribution in [3.63, 3.8) is 0 Å². The van der Waals surface area contributed by atoms with Gasteiger partial charge in [-0.25, -0.2) is 4.98 Å². The normalized spacial score (nSPS) is 12.2. The van der Waals surface area contributed by atoms with Crippen molar-refractivity contribution in [2.75, 3.05) is 18.5 Å². The molecule has 2 rings (SSSR count). The van der Waals surface area contributed by atoms with Gasteiger partial charge in [-0.1, -0.05) is 43.7 Å². The molecule has 24 heavy (non-hydrogen) atoms. The van der Waals surface area contributed by atoms with E-state index in [0.29, 0.717) is 12.3 Å². The van der Waals surface area contributed by atoms with Crippen molar-refractivity contribution in [3.05, 3.63) is 41.2 Å². The second-order valence-electron chi connectivity index (χ2n) is 6.61. The Morgan fingerprint density at radius 3 is 2.54 bits per heavy atom. The van der Waals surface area contributed by atoms with Crippen LogP contribution in [0, 0.1) is 12.8 Å². The molecule has 1 amide bonds.